The van der Waals surface area contributed by atoms with Gasteiger partial charge < -0.3 is 10.6 Å². The predicted octanol–water partition coefficient (Wildman–Crippen LogP) is 4.17. The summed E-state index contributed by atoms with van der Waals surface area (Å²) in [4.78, 5) is 2.49. The molecule has 106 valence electrons. The Balaban J connectivity index is 2.07. The van der Waals surface area contributed by atoms with Crippen LogP contribution in [0.4, 0.5) is 5.69 Å². The van der Waals surface area contributed by atoms with Crippen molar-refractivity contribution >= 4 is 21.6 Å². The quantitative estimate of drug-likeness (QED) is 0.884. The van der Waals surface area contributed by atoms with Crippen molar-refractivity contribution in [2.45, 2.75) is 40.2 Å². The van der Waals surface area contributed by atoms with Crippen LogP contribution in [0.1, 0.15) is 39.2 Å². The van der Waals surface area contributed by atoms with Crippen LogP contribution in [0.3, 0.4) is 0 Å². The Bertz CT molecular complexity index is 429. The third-order valence-electron chi connectivity index (χ3n) is 4.26. The van der Waals surface area contributed by atoms with Gasteiger partial charge in [0.25, 0.3) is 0 Å². The van der Waals surface area contributed by atoms with Crippen molar-refractivity contribution in [3.8, 4) is 0 Å². The lowest BCUT2D eigenvalue weighted by Crippen LogP contribution is -2.38. The minimum atomic E-state index is 0.436. The third-order valence-corrected chi connectivity index (χ3v) is 4.72. The van der Waals surface area contributed by atoms with Crippen LogP contribution in [-0.4, -0.2) is 13.1 Å². The van der Waals surface area contributed by atoms with E-state index in [4.69, 9.17) is 5.73 Å². The van der Waals surface area contributed by atoms with Gasteiger partial charge in [-0.05, 0) is 47.9 Å². The highest BCUT2D eigenvalue weighted by molar-refractivity contribution is 9.10. The molecule has 0 radical (unpaired) electrons. The van der Waals surface area contributed by atoms with Crippen LogP contribution in [-0.2, 0) is 6.54 Å². The number of hydrogen-bond acceptors (Lipinski definition) is 2. The van der Waals surface area contributed by atoms with Gasteiger partial charge in [-0.25, -0.2) is 0 Å². The molecule has 3 heteroatoms. The van der Waals surface area contributed by atoms with Crippen LogP contribution >= 0.6 is 15.9 Å². The fourth-order valence-corrected chi connectivity index (χ4v) is 3.47. The van der Waals surface area contributed by atoms with E-state index in [1.807, 2.05) is 0 Å². The van der Waals surface area contributed by atoms with Gasteiger partial charge in [-0.1, -0.05) is 36.7 Å². The van der Waals surface area contributed by atoms with Crippen molar-refractivity contribution in [2.24, 2.45) is 17.1 Å². The van der Waals surface area contributed by atoms with Crippen molar-refractivity contribution in [3.63, 3.8) is 0 Å². The molecule has 0 unspecified atom stereocenters. The SMILES string of the molecule is CC(C)(C)C1CCN(c2cc(Br)cc(CN)c2)CC1. The molecule has 0 bridgehead atoms. The minimum Gasteiger partial charge on any atom is -0.371 e. The normalized spacial score (nSPS) is 17.8. The summed E-state index contributed by atoms with van der Waals surface area (Å²) in [5.41, 5.74) is 8.70. The molecule has 0 aliphatic carbocycles. The summed E-state index contributed by atoms with van der Waals surface area (Å²) in [7, 11) is 0. The lowest BCUT2D eigenvalue weighted by atomic mass is 9.75. The molecule has 2 rings (SSSR count). The average molecular weight is 325 g/mol. The number of hydrogen-bond donors (Lipinski definition) is 1. The highest BCUT2D eigenvalue weighted by Crippen LogP contribution is 2.36. The first kappa shape index (κ1) is 14.9. The number of nitrogens with zero attached hydrogens (tertiary/aromatic N) is 1. The van der Waals surface area contributed by atoms with Gasteiger partial charge in [0.15, 0.2) is 0 Å². The fourth-order valence-electron chi connectivity index (χ4n) is 2.94. The molecule has 1 heterocycles. The van der Waals surface area contributed by atoms with Crippen LogP contribution in [0.25, 0.3) is 0 Å². The Morgan fingerprint density at radius 3 is 2.37 bits per heavy atom. The lowest BCUT2D eigenvalue weighted by molar-refractivity contribution is 0.199. The second-order valence-electron chi connectivity index (χ2n) is 6.65. The Morgan fingerprint density at radius 1 is 1.21 bits per heavy atom. The Hall–Kier alpha value is -0.540. The first-order valence-corrected chi connectivity index (χ1v) is 7.94. The smallest absolute Gasteiger partial charge is 0.0380 e. The largest absolute Gasteiger partial charge is 0.371 e. The van der Waals surface area contributed by atoms with Gasteiger partial charge in [0.2, 0.25) is 0 Å². The molecule has 1 saturated heterocycles. The van der Waals surface area contributed by atoms with Gasteiger partial charge in [0, 0.05) is 29.8 Å². The standard InChI is InChI=1S/C16H25BrN2/c1-16(2,3)13-4-6-19(7-5-13)15-9-12(11-18)8-14(17)10-15/h8-10,13H,4-7,11,18H2,1-3H3. The number of nitrogens with two attached hydrogens (primary N) is 1. The van der Waals surface area contributed by atoms with Gasteiger partial charge in [0.05, 0.1) is 0 Å². The molecule has 1 aliphatic rings. The van der Waals surface area contributed by atoms with Crippen molar-refractivity contribution in [2.75, 3.05) is 18.0 Å². The molecule has 0 atom stereocenters. The van der Waals surface area contributed by atoms with Crippen LogP contribution in [0, 0.1) is 11.3 Å². The summed E-state index contributed by atoms with van der Waals surface area (Å²) in [6.45, 7) is 9.99. The average Bonchev–Trinajstić information content (AvgIpc) is 2.37. The van der Waals surface area contributed by atoms with Crippen molar-refractivity contribution < 1.29 is 0 Å². The zero-order chi connectivity index (χ0) is 14.0. The van der Waals surface area contributed by atoms with Crippen LogP contribution in [0.15, 0.2) is 22.7 Å². The molecular formula is C16H25BrN2. The maximum atomic E-state index is 5.76. The molecule has 1 aromatic rings. The highest BCUT2D eigenvalue weighted by atomic mass is 79.9. The van der Waals surface area contributed by atoms with Crippen LogP contribution < -0.4 is 10.6 Å². The molecule has 1 aliphatic heterocycles. The highest BCUT2D eigenvalue weighted by Gasteiger charge is 2.28. The monoisotopic (exact) mass is 324 g/mol. The molecule has 0 saturated carbocycles. The van der Waals surface area contributed by atoms with Gasteiger partial charge in [-0.3, -0.25) is 0 Å². The second-order valence-corrected chi connectivity index (χ2v) is 7.56. The molecule has 0 aromatic heterocycles. The first-order chi connectivity index (χ1) is 8.90. The van der Waals surface area contributed by atoms with E-state index in [1.54, 1.807) is 0 Å². The van der Waals surface area contributed by atoms with Crippen molar-refractivity contribution in [1.29, 1.82) is 0 Å². The zero-order valence-corrected chi connectivity index (χ0v) is 13.8. The molecule has 19 heavy (non-hydrogen) atoms. The minimum absolute atomic E-state index is 0.436. The van der Waals surface area contributed by atoms with E-state index in [-0.39, 0.29) is 0 Å². The molecule has 1 fully saturated rings. The second kappa shape index (κ2) is 5.84. The van der Waals surface area contributed by atoms with E-state index >= 15 is 0 Å². The van der Waals surface area contributed by atoms with Crippen LogP contribution in [0.5, 0.6) is 0 Å². The van der Waals surface area contributed by atoms with Crippen molar-refractivity contribution in [1.82, 2.24) is 0 Å². The Morgan fingerprint density at radius 2 is 1.84 bits per heavy atom. The first-order valence-electron chi connectivity index (χ1n) is 7.14. The van der Waals surface area contributed by atoms with E-state index in [9.17, 15) is 0 Å². The van der Waals surface area contributed by atoms with Crippen molar-refractivity contribution in [3.05, 3.63) is 28.2 Å². The van der Waals surface area contributed by atoms with Gasteiger partial charge in [-0.2, -0.15) is 0 Å². The molecule has 1 aromatic carbocycles. The molecule has 2 N–H and O–H groups in total. The topological polar surface area (TPSA) is 29.3 Å². The predicted molar refractivity (Wildman–Crippen MR) is 86.4 cm³/mol. The number of benzene rings is 1. The van der Waals surface area contributed by atoms with Crippen LogP contribution in [0.2, 0.25) is 0 Å². The molecule has 2 nitrogen and oxygen atoms in total. The van der Waals surface area contributed by atoms with E-state index in [2.05, 4.69) is 59.8 Å². The van der Waals surface area contributed by atoms with Gasteiger partial charge in [0.1, 0.15) is 0 Å². The summed E-state index contributed by atoms with van der Waals surface area (Å²) in [6, 6.07) is 6.53. The Kier molecular flexibility index (Phi) is 4.57. The summed E-state index contributed by atoms with van der Waals surface area (Å²) in [5.74, 6) is 0.838. The number of anilines is 1. The maximum Gasteiger partial charge on any atom is 0.0380 e. The summed E-state index contributed by atoms with van der Waals surface area (Å²) in [5, 5.41) is 0. The summed E-state index contributed by atoms with van der Waals surface area (Å²) < 4.78 is 1.13. The number of halogens is 1. The van der Waals surface area contributed by atoms with Gasteiger partial charge >= 0.3 is 0 Å². The molecular weight excluding hydrogens is 300 g/mol. The fraction of sp³-hybridized carbons (Fsp3) is 0.625. The Labute approximate surface area is 125 Å². The molecule has 0 spiro atoms. The number of piperidine rings is 1. The van der Waals surface area contributed by atoms with E-state index in [1.165, 1.54) is 24.1 Å². The zero-order valence-electron chi connectivity index (χ0n) is 12.2. The maximum absolute atomic E-state index is 5.76. The van der Waals surface area contributed by atoms with E-state index in [0.29, 0.717) is 12.0 Å². The summed E-state index contributed by atoms with van der Waals surface area (Å²) >= 11 is 3.58. The number of rotatable bonds is 2. The molecule has 0 amide bonds. The lowest BCUT2D eigenvalue weighted by Gasteiger charge is -2.40. The third kappa shape index (κ3) is 3.73. The van der Waals surface area contributed by atoms with Gasteiger partial charge in [-0.15, -0.1) is 0 Å². The van der Waals surface area contributed by atoms with E-state index < -0.39 is 0 Å². The van der Waals surface area contributed by atoms with E-state index in [0.717, 1.165) is 23.5 Å². The summed E-state index contributed by atoms with van der Waals surface area (Å²) in [6.07, 6.45) is 2.57.